The number of nitrogens with one attached hydrogen (secondary N) is 1. The molecule has 1 saturated heterocycles. The number of guanidine groups is 1. The third-order valence-electron chi connectivity index (χ3n) is 5.82. The standard InChI is InChI=1S/C23H35N5O.ClH/c1-2-3-4-5-6-7-8-9-11-18-12-10-13-19(16-18)21-26-22(29-27-21)20-14-15-28(17-20)23(24)25;/h10,12-13,16,20H,2-9,11,14-15,17H2,1H3,(H3,24,25);1H/t20-;/m1./s1. The third-order valence-corrected chi connectivity index (χ3v) is 5.82. The minimum Gasteiger partial charge on any atom is -0.370 e. The maximum absolute atomic E-state index is 7.56. The Morgan fingerprint density at radius 1 is 1.17 bits per heavy atom. The van der Waals surface area contributed by atoms with Gasteiger partial charge in [-0.05, 0) is 30.9 Å². The predicted octanol–water partition coefficient (Wildman–Crippen LogP) is 5.52. The summed E-state index contributed by atoms with van der Waals surface area (Å²) in [6.45, 7) is 3.71. The fraction of sp³-hybridized carbons (Fsp3) is 0.609. The molecule has 1 aliphatic heterocycles. The predicted molar refractivity (Wildman–Crippen MR) is 124 cm³/mol. The van der Waals surface area contributed by atoms with Crippen molar-refractivity contribution < 1.29 is 4.52 Å². The molecule has 3 N–H and O–H groups in total. The fourth-order valence-electron chi connectivity index (χ4n) is 4.03. The van der Waals surface area contributed by atoms with Crippen LogP contribution in [0.4, 0.5) is 0 Å². The molecule has 1 fully saturated rings. The number of likely N-dealkylation sites (tertiary alicyclic amines) is 1. The molecule has 30 heavy (non-hydrogen) atoms. The molecule has 1 aromatic carbocycles. The normalized spacial score (nSPS) is 15.9. The zero-order chi connectivity index (χ0) is 20.5. The molecule has 0 radical (unpaired) electrons. The molecular weight excluding hydrogens is 398 g/mol. The molecule has 1 aliphatic rings. The number of aryl methyl sites for hydroxylation is 1. The van der Waals surface area contributed by atoms with Crippen molar-refractivity contribution in [1.82, 2.24) is 15.0 Å². The van der Waals surface area contributed by atoms with Crippen molar-refractivity contribution in [1.29, 1.82) is 5.41 Å². The number of aromatic nitrogens is 2. The second-order valence-electron chi connectivity index (χ2n) is 8.20. The van der Waals surface area contributed by atoms with Crippen molar-refractivity contribution in [2.45, 2.75) is 77.0 Å². The van der Waals surface area contributed by atoms with Gasteiger partial charge >= 0.3 is 0 Å². The number of nitrogens with two attached hydrogens (primary N) is 1. The van der Waals surface area contributed by atoms with Gasteiger partial charge in [0.05, 0.1) is 5.92 Å². The molecule has 6 nitrogen and oxygen atoms in total. The SMILES string of the molecule is CCCCCCCCCCc1cccc(-c2noc([C@@H]3CCN(C(=N)N)C3)n2)c1.Cl. The zero-order valence-electron chi connectivity index (χ0n) is 18.1. The third kappa shape index (κ3) is 7.01. The van der Waals surface area contributed by atoms with E-state index in [0.717, 1.165) is 24.9 Å². The number of halogens is 1. The Balaban J connectivity index is 0.00000320. The number of rotatable bonds is 11. The van der Waals surface area contributed by atoms with Crippen LogP contribution in [-0.2, 0) is 6.42 Å². The van der Waals surface area contributed by atoms with Gasteiger partial charge in [-0.25, -0.2) is 0 Å². The minimum atomic E-state index is 0. The molecule has 2 aromatic rings. The first-order chi connectivity index (χ1) is 14.2. The summed E-state index contributed by atoms with van der Waals surface area (Å²) in [5.74, 6) is 1.57. The molecule has 0 spiro atoms. The van der Waals surface area contributed by atoms with Crippen molar-refractivity contribution in [2.24, 2.45) is 5.73 Å². The van der Waals surface area contributed by atoms with E-state index in [1.165, 1.54) is 56.9 Å². The average molecular weight is 434 g/mol. The summed E-state index contributed by atoms with van der Waals surface area (Å²) in [5, 5.41) is 11.8. The van der Waals surface area contributed by atoms with Crippen LogP contribution in [0.2, 0.25) is 0 Å². The van der Waals surface area contributed by atoms with E-state index in [1.54, 1.807) is 0 Å². The summed E-state index contributed by atoms with van der Waals surface area (Å²) in [6, 6.07) is 8.50. The van der Waals surface area contributed by atoms with E-state index in [-0.39, 0.29) is 24.3 Å². The first-order valence-electron chi connectivity index (χ1n) is 11.2. The van der Waals surface area contributed by atoms with E-state index < -0.39 is 0 Å². The smallest absolute Gasteiger partial charge is 0.231 e. The highest BCUT2D eigenvalue weighted by Gasteiger charge is 2.29. The number of benzene rings is 1. The van der Waals surface area contributed by atoms with Crippen LogP contribution in [0.15, 0.2) is 28.8 Å². The van der Waals surface area contributed by atoms with Gasteiger partial charge in [-0.3, -0.25) is 5.41 Å². The van der Waals surface area contributed by atoms with Crippen molar-refractivity contribution in [3.63, 3.8) is 0 Å². The van der Waals surface area contributed by atoms with Gasteiger partial charge in [0.1, 0.15) is 0 Å². The summed E-state index contributed by atoms with van der Waals surface area (Å²) in [7, 11) is 0. The van der Waals surface area contributed by atoms with Gasteiger partial charge in [-0.2, -0.15) is 4.98 Å². The van der Waals surface area contributed by atoms with Crippen LogP contribution in [0, 0.1) is 5.41 Å². The molecule has 1 atom stereocenters. The quantitative estimate of drug-likeness (QED) is 0.276. The van der Waals surface area contributed by atoms with Gasteiger partial charge in [0, 0.05) is 18.7 Å². The monoisotopic (exact) mass is 433 g/mol. The summed E-state index contributed by atoms with van der Waals surface area (Å²) < 4.78 is 5.53. The van der Waals surface area contributed by atoms with Crippen molar-refractivity contribution in [3.05, 3.63) is 35.7 Å². The van der Waals surface area contributed by atoms with Gasteiger partial charge in [-0.1, -0.05) is 75.2 Å². The Morgan fingerprint density at radius 3 is 2.60 bits per heavy atom. The van der Waals surface area contributed by atoms with Gasteiger partial charge in [-0.15, -0.1) is 12.4 Å². The molecule has 7 heteroatoms. The Morgan fingerprint density at radius 2 is 1.90 bits per heavy atom. The Kier molecular flexibility index (Phi) is 10.1. The van der Waals surface area contributed by atoms with Crippen molar-refractivity contribution in [2.75, 3.05) is 13.1 Å². The fourth-order valence-corrected chi connectivity index (χ4v) is 4.03. The molecule has 2 heterocycles. The van der Waals surface area contributed by atoms with Crippen LogP contribution in [0.5, 0.6) is 0 Å². The van der Waals surface area contributed by atoms with Crippen LogP contribution >= 0.6 is 12.4 Å². The zero-order valence-corrected chi connectivity index (χ0v) is 18.9. The lowest BCUT2D eigenvalue weighted by Gasteiger charge is -2.14. The van der Waals surface area contributed by atoms with E-state index in [2.05, 4.69) is 35.3 Å². The maximum Gasteiger partial charge on any atom is 0.231 e. The Labute approximate surface area is 186 Å². The average Bonchev–Trinajstić information content (AvgIpc) is 3.40. The van der Waals surface area contributed by atoms with Gasteiger partial charge in [0.2, 0.25) is 11.7 Å². The molecule has 0 unspecified atom stereocenters. The van der Waals surface area contributed by atoms with Crippen LogP contribution in [0.1, 0.15) is 82.1 Å². The molecule has 0 bridgehead atoms. The lowest BCUT2D eigenvalue weighted by atomic mass is 10.0. The summed E-state index contributed by atoms with van der Waals surface area (Å²) in [4.78, 5) is 6.47. The second-order valence-corrected chi connectivity index (χ2v) is 8.20. The van der Waals surface area contributed by atoms with E-state index in [9.17, 15) is 0 Å². The largest absolute Gasteiger partial charge is 0.370 e. The number of unbranched alkanes of at least 4 members (excludes halogenated alkanes) is 7. The molecule has 166 valence electrons. The molecule has 0 saturated carbocycles. The number of hydrogen-bond acceptors (Lipinski definition) is 4. The molecule has 1 aromatic heterocycles. The lowest BCUT2D eigenvalue weighted by molar-refractivity contribution is 0.354. The lowest BCUT2D eigenvalue weighted by Crippen LogP contribution is -2.34. The summed E-state index contributed by atoms with van der Waals surface area (Å²) in [5.41, 5.74) is 7.93. The number of hydrogen-bond donors (Lipinski definition) is 2. The van der Waals surface area contributed by atoms with E-state index in [0.29, 0.717) is 18.3 Å². The van der Waals surface area contributed by atoms with Gasteiger partial charge in [0.25, 0.3) is 0 Å². The van der Waals surface area contributed by atoms with Crippen LogP contribution in [0.3, 0.4) is 0 Å². The minimum absolute atomic E-state index is 0. The first kappa shape index (κ1) is 24.2. The van der Waals surface area contributed by atoms with Crippen LogP contribution < -0.4 is 5.73 Å². The Hall–Kier alpha value is -2.08. The molecule has 3 rings (SSSR count). The highest BCUT2D eigenvalue weighted by Crippen LogP contribution is 2.28. The van der Waals surface area contributed by atoms with Crippen molar-refractivity contribution >= 4 is 18.4 Å². The van der Waals surface area contributed by atoms with E-state index in [4.69, 9.17) is 15.7 Å². The summed E-state index contributed by atoms with van der Waals surface area (Å²) in [6.07, 6.45) is 12.7. The second kappa shape index (κ2) is 12.6. The first-order valence-corrected chi connectivity index (χ1v) is 11.2. The van der Waals surface area contributed by atoms with Crippen LogP contribution in [0.25, 0.3) is 11.4 Å². The molecule has 0 aliphatic carbocycles. The molecule has 0 amide bonds. The topological polar surface area (TPSA) is 92.0 Å². The van der Waals surface area contributed by atoms with Crippen LogP contribution in [-0.4, -0.2) is 34.1 Å². The van der Waals surface area contributed by atoms with Gasteiger partial charge < -0.3 is 15.2 Å². The summed E-state index contributed by atoms with van der Waals surface area (Å²) >= 11 is 0. The number of nitrogens with zero attached hydrogens (tertiary/aromatic N) is 3. The van der Waals surface area contributed by atoms with Crippen molar-refractivity contribution in [3.8, 4) is 11.4 Å². The molecular formula is C23H36ClN5O. The Bertz CT molecular complexity index is 778. The van der Waals surface area contributed by atoms with Gasteiger partial charge in [0.15, 0.2) is 5.96 Å². The van der Waals surface area contributed by atoms with E-state index >= 15 is 0 Å². The van der Waals surface area contributed by atoms with E-state index in [1.807, 2.05) is 11.0 Å². The highest BCUT2D eigenvalue weighted by atomic mass is 35.5. The maximum atomic E-state index is 7.56. The highest BCUT2D eigenvalue weighted by molar-refractivity contribution is 5.85.